The van der Waals surface area contributed by atoms with Crippen LogP contribution in [0.4, 0.5) is 0 Å². The van der Waals surface area contributed by atoms with E-state index in [0.29, 0.717) is 75.9 Å². The van der Waals surface area contributed by atoms with Gasteiger partial charge in [0.05, 0.1) is 29.3 Å². The number of methoxy groups -OCH3 is 1. The third-order valence-corrected chi connectivity index (χ3v) is 11.0. The number of aromatic amines is 1. The Labute approximate surface area is 327 Å². The average molecular weight is 795 g/mol. The Hall–Kier alpha value is -4.28. The number of carbonyl (C=O) groups is 2. The maximum atomic E-state index is 13.6. The van der Waals surface area contributed by atoms with Crippen LogP contribution in [-0.2, 0) is 30.3 Å². The summed E-state index contributed by atoms with van der Waals surface area (Å²) in [5.74, 6) is 1.23. The molecule has 2 aliphatic rings. The van der Waals surface area contributed by atoms with Crippen LogP contribution in [0.1, 0.15) is 86.6 Å². The lowest BCUT2D eigenvalue weighted by Gasteiger charge is -2.35. The van der Waals surface area contributed by atoms with Crippen LogP contribution in [0.25, 0.3) is 0 Å². The van der Waals surface area contributed by atoms with Gasteiger partial charge in [-0.3, -0.25) is 14.4 Å². The summed E-state index contributed by atoms with van der Waals surface area (Å²) in [5, 5.41) is 1.36. The fourth-order valence-electron chi connectivity index (χ4n) is 7.11. The molecule has 7 rings (SSSR count). The molecule has 4 aromatic heterocycles. The summed E-state index contributed by atoms with van der Waals surface area (Å²) in [6, 6.07) is 14.0. The van der Waals surface area contributed by atoms with Crippen LogP contribution in [0.3, 0.4) is 0 Å². The molecule has 0 fully saturated rings. The first-order valence-corrected chi connectivity index (χ1v) is 18.4. The third-order valence-electron chi connectivity index (χ3n) is 10.2. The van der Waals surface area contributed by atoms with Crippen molar-refractivity contribution in [3.05, 3.63) is 142 Å². The minimum atomic E-state index is -0.883. The molecular weight excluding hydrogens is 758 g/mol. The van der Waals surface area contributed by atoms with Crippen molar-refractivity contribution in [3.8, 4) is 11.5 Å². The van der Waals surface area contributed by atoms with Gasteiger partial charge in [-0.2, -0.15) is 0 Å². The fourth-order valence-corrected chi connectivity index (χ4v) is 7.94. The Morgan fingerprint density at radius 1 is 0.755 bits per heavy atom. The molecule has 1 aromatic carbocycles. The average Bonchev–Trinajstić information content (AvgIpc) is 3.11. The molecule has 0 radical (unpaired) electrons. The smallest absolute Gasteiger partial charge is 0.187 e. The Bertz CT molecular complexity index is 2310. The van der Waals surface area contributed by atoms with E-state index in [4.69, 9.17) is 55.9 Å². The summed E-state index contributed by atoms with van der Waals surface area (Å²) in [7, 11) is 1.63. The zero-order valence-corrected chi connectivity index (χ0v) is 32.7. The molecule has 0 saturated carbocycles. The summed E-state index contributed by atoms with van der Waals surface area (Å²) >= 11 is 24.0. The van der Waals surface area contributed by atoms with E-state index in [9.17, 15) is 14.4 Å². The number of aryl methyl sites for hydroxylation is 4. The second kappa shape index (κ2) is 15.2. The Morgan fingerprint density at radius 2 is 1.30 bits per heavy atom. The van der Waals surface area contributed by atoms with Gasteiger partial charge < -0.3 is 14.5 Å². The van der Waals surface area contributed by atoms with Crippen LogP contribution in [0, 0.1) is 13.8 Å². The molecule has 274 valence electrons. The van der Waals surface area contributed by atoms with Crippen LogP contribution in [-0.4, -0.2) is 38.6 Å². The standard InChI is InChI=1S/C24H22Cl2N2O3.C16H14Cl2N2O2/c1-14-10-21(26)28-18-8-9-24(2,23(29)22(14)18)17-12-27-20(25)11-19(17)31-13-15-4-6-16(30-3)7-5-15;1-8-5-13(18)20-10-3-4-16(2,15(22)14(8)10)9-7-19-12(17)6-11(9)21/h4-7,10-12H,8-9,13H2,1-3H3;5-7H,3-4H2,1-2H3,(H,19,21). The first kappa shape index (κ1) is 38.4. The first-order valence-electron chi connectivity index (χ1n) is 16.9. The monoisotopic (exact) mass is 792 g/mol. The van der Waals surface area contributed by atoms with Gasteiger partial charge in [0.15, 0.2) is 17.0 Å². The molecule has 5 aromatic rings. The van der Waals surface area contributed by atoms with Crippen molar-refractivity contribution in [2.24, 2.45) is 0 Å². The zero-order valence-electron chi connectivity index (χ0n) is 29.7. The number of hydrogen-bond donors (Lipinski definition) is 1. The molecule has 2 atom stereocenters. The number of hydrogen-bond acceptors (Lipinski definition) is 8. The van der Waals surface area contributed by atoms with Crippen molar-refractivity contribution in [2.75, 3.05) is 7.11 Å². The zero-order chi connectivity index (χ0) is 38.2. The van der Waals surface area contributed by atoms with Gasteiger partial charge in [-0.15, -0.1) is 0 Å². The quantitative estimate of drug-likeness (QED) is 0.169. The number of fused-ring (bicyclic) bond motifs is 2. The number of Topliss-reactive ketones (excluding diaryl/α,β-unsaturated/α-hetero) is 2. The summed E-state index contributed by atoms with van der Waals surface area (Å²) in [6.07, 6.45) is 5.50. The van der Waals surface area contributed by atoms with Crippen molar-refractivity contribution in [3.63, 3.8) is 0 Å². The minimum Gasteiger partial charge on any atom is -0.497 e. The van der Waals surface area contributed by atoms with Crippen LogP contribution in [0.5, 0.6) is 11.5 Å². The van der Waals surface area contributed by atoms with E-state index in [1.54, 1.807) is 38.4 Å². The number of benzene rings is 1. The van der Waals surface area contributed by atoms with Gasteiger partial charge in [-0.25, -0.2) is 15.0 Å². The van der Waals surface area contributed by atoms with Crippen molar-refractivity contribution < 1.29 is 19.1 Å². The summed E-state index contributed by atoms with van der Waals surface area (Å²) in [4.78, 5) is 54.6. The fraction of sp³-hybridized carbons (Fsp3) is 0.300. The summed E-state index contributed by atoms with van der Waals surface area (Å²) < 4.78 is 11.3. The van der Waals surface area contributed by atoms with E-state index in [0.717, 1.165) is 33.7 Å². The molecule has 4 heterocycles. The molecule has 13 heteroatoms. The van der Waals surface area contributed by atoms with Crippen molar-refractivity contribution in [1.82, 2.24) is 19.9 Å². The molecular formula is C40H36Cl4N4O5. The van der Waals surface area contributed by atoms with Crippen LogP contribution < -0.4 is 14.9 Å². The first-order chi connectivity index (χ1) is 25.1. The number of nitrogens with one attached hydrogen (secondary N) is 1. The largest absolute Gasteiger partial charge is 0.497 e. The van der Waals surface area contributed by atoms with Gasteiger partial charge in [0.1, 0.15) is 38.7 Å². The molecule has 2 aliphatic carbocycles. The number of aromatic nitrogens is 4. The SMILES string of the molecule is COc1ccc(COc2cc(Cl)ncc2C2(C)CCc3nc(Cl)cc(C)c3C2=O)cc1.Cc1cc(Cl)nc2c1C(=O)C(C)(c1c[nH]c(Cl)cc1=O)CC2. The maximum absolute atomic E-state index is 13.6. The van der Waals surface area contributed by atoms with Gasteiger partial charge in [0, 0.05) is 46.8 Å². The van der Waals surface area contributed by atoms with Crippen LogP contribution in [0.2, 0.25) is 20.6 Å². The number of ketones is 2. The molecule has 9 nitrogen and oxygen atoms in total. The van der Waals surface area contributed by atoms with Gasteiger partial charge >= 0.3 is 0 Å². The topological polar surface area (TPSA) is 124 Å². The molecule has 0 saturated heterocycles. The summed E-state index contributed by atoms with van der Waals surface area (Å²) in [6.45, 7) is 7.77. The number of H-pyrrole nitrogens is 1. The lowest BCUT2D eigenvalue weighted by atomic mass is 9.68. The predicted octanol–water partition coefficient (Wildman–Crippen LogP) is 9.24. The van der Waals surface area contributed by atoms with Crippen LogP contribution in [0.15, 0.2) is 65.7 Å². The van der Waals surface area contributed by atoms with E-state index in [1.165, 1.54) is 12.3 Å². The molecule has 0 aliphatic heterocycles. The van der Waals surface area contributed by atoms with Crippen LogP contribution >= 0.6 is 46.4 Å². The molecule has 0 bridgehead atoms. The highest BCUT2D eigenvalue weighted by atomic mass is 35.5. The third kappa shape index (κ3) is 7.58. The van der Waals surface area contributed by atoms with E-state index >= 15 is 0 Å². The highest BCUT2D eigenvalue weighted by Crippen LogP contribution is 2.43. The van der Waals surface area contributed by atoms with Crippen molar-refractivity contribution >= 4 is 58.0 Å². The van der Waals surface area contributed by atoms with E-state index < -0.39 is 10.8 Å². The van der Waals surface area contributed by atoms with E-state index in [-0.39, 0.29) is 22.1 Å². The van der Waals surface area contributed by atoms with Gasteiger partial charge in [-0.1, -0.05) is 58.5 Å². The number of ether oxygens (including phenoxy) is 2. The molecule has 1 N–H and O–H groups in total. The van der Waals surface area contributed by atoms with E-state index in [1.807, 2.05) is 45.0 Å². The van der Waals surface area contributed by atoms with E-state index in [2.05, 4.69) is 19.9 Å². The number of halogens is 4. The predicted molar refractivity (Wildman–Crippen MR) is 207 cm³/mol. The maximum Gasteiger partial charge on any atom is 0.187 e. The molecule has 2 unspecified atom stereocenters. The minimum absolute atomic E-state index is 0.00571. The molecule has 53 heavy (non-hydrogen) atoms. The molecule has 0 amide bonds. The number of nitrogens with zero attached hydrogens (tertiary/aromatic N) is 3. The van der Waals surface area contributed by atoms with Crippen molar-refractivity contribution in [1.29, 1.82) is 0 Å². The van der Waals surface area contributed by atoms with Crippen molar-refractivity contribution in [2.45, 2.75) is 70.8 Å². The normalized spacial score (nSPS) is 19.1. The highest BCUT2D eigenvalue weighted by Gasteiger charge is 2.44. The Kier molecular flexibility index (Phi) is 11.0. The van der Waals surface area contributed by atoms with Gasteiger partial charge in [-0.05, 0) is 94.3 Å². The Morgan fingerprint density at radius 3 is 1.83 bits per heavy atom. The highest BCUT2D eigenvalue weighted by molar-refractivity contribution is 6.30. The second-order valence-electron chi connectivity index (χ2n) is 13.7. The van der Waals surface area contributed by atoms with Gasteiger partial charge in [0.2, 0.25) is 0 Å². The second-order valence-corrected chi connectivity index (χ2v) is 15.3. The number of rotatable bonds is 6. The van der Waals surface area contributed by atoms with Gasteiger partial charge in [0.25, 0.3) is 0 Å². The number of carbonyl (C=O) groups excluding carboxylic acids is 2. The Balaban J connectivity index is 0.000000192. The number of pyridine rings is 4. The molecule has 0 spiro atoms. The lowest BCUT2D eigenvalue weighted by Crippen LogP contribution is -2.41. The lowest BCUT2D eigenvalue weighted by molar-refractivity contribution is 0.0863. The summed E-state index contributed by atoms with van der Waals surface area (Å²) in [5.41, 5.74) is 4.48.